The van der Waals surface area contributed by atoms with Crippen molar-refractivity contribution in [3.8, 4) is 0 Å². The molecule has 1 aliphatic heterocycles. The molecule has 180 valence electrons. The summed E-state index contributed by atoms with van der Waals surface area (Å²) in [6.07, 6.45) is 1.60. The molecule has 34 heavy (non-hydrogen) atoms. The monoisotopic (exact) mass is 466 g/mol. The zero-order chi connectivity index (χ0) is 24.7. The van der Waals surface area contributed by atoms with E-state index in [1.807, 2.05) is 24.3 Å². The highest BCUT2D eigenvalue weighted by Crippen LogP contribution is 2.26. The van der Waals surface area contributed by atoms with Crippen molar-refractivity contribution in [2.24, 2.45) is 28.1 Å². The van der Waals surface area contributed by atoms with Gasteiger partial charge in [0.2, 0.25) is 5.91 Å². The van der Waals surface area contributed by atoms with E-state index in [2.05, 4.69) is 15.2 Å². The Balaban J connectivity index is 1.59. The van der Waals surface area contributed by atoms with E-state index in [1.165, 1.54) is 0 Å². The first-order chi connectivity index (χ1) is 16.2. The lowest BCUT2D eigenvalue weighted by Crippen LogP contribution is -2.39. The van der Waals surface area contributed by atoms with Crippen LogP contribution in [0.3, 0.4) is 0 Å². The van der Waals surface area contributed by atoms with Crippen molar-refractivity contribution in [1.29, 1.82) is 0 Å². The molecule has 1 saturated heterocycles. The first-order valence-corrected chi connectivity index (χ1v) is 11.1. The molecule has 0 saturated carbocycles. The van der Waals surface area contributed by atoms with Crippen LogP contribution in [0.25, 0.3) is 0 Å². The van der Waals surface area contributed by atoms with Gasteiger partial charge in [0, 0.05) is 30.3 Å². The Hall–Kier alpha value is -3.92. The number of benzene rings is 2. The molecular formula is C24H30N6O4. The minimum Gasteiger partial charge on any atom is -0.480 e. The fraction of sp³-hybridized carbons (Fsp3) is 0.333. The topological polar surface area (TPSA) is 177 Å². The van der Waals surface area contributed by atoms with E-state index in [0.717, 1.165) is 24.3 Å². The van der Waals surface area contributed by atoms with Crippen molar-refractivity contribution in [1.82, 2.24) is 5.32 Å². The average Bonchev–Trinajstić information content (AvgIpc) is 2.83. The highest BCUT2D eigenvalue weighted by atomic mass is 16.4. The molecule has 8 N–H and O–H groups in total. The minimum atomic E-state index is -1.08. The van der Waals surface area contributed by atoms with E-state index in [4.69, 9.17) is 22.3 Å². The number of carboxylic acids is 1. The van der Waals surface area contributed by atoms with E-state index in [0.29, 0.717) is 24.0 Å². The number of guanidine groups is 1. The van der Waals surface area contributed by atoms with Gasteiger partial charge in [-0.05, 0) is 48.6 Å². The molecule has 1 fully saturated rings. The molecule has 0 bridgehead atoms. The Bertz CT molecular complexity index is 1060. The first-order valence-electron chi connectivity index (χ1n) is 11.1. The van der Waals surface area contributed by atoms with Crippen LogP contribution in [-0.2, 0) is 22.6 Å². The number of nitrogens with one attached hydrogen (secondary N) is 1. The number of rotatable bonds is 8. The second-order valence-corrected chi connectivity index (χ2v) is 8.29. The molecule has 0 spiro atoms. The zero-order valence-electron chi connectivity index (χ0n) is 18.8. The predicted octanol–water partition coefficient (Wildman–Crippen LogP) is 0.587. The van der Waals surface area contributed by atoms with E-state index >= 15 is 0 Å². The van der Waals surface area contributed by atoms with Gasteiger partial charge in [0.1, 0.15) is 6.04 Å². The number of para-hydroxylation sites is 1. The van der Waals surface area contributed by atoms with Gasteiger partial charge in [0.25, 0.3) is 5.91 Å². The standard InChI is InChI=1S/C24H30N6O4/c25-19(23(33)34)13-15-5-7-17(8-6-15)22(32)29-24(27)28-14-18-3-1-2-4-20(18)30-11-9-16(10-12-30)21(26)31/h1-8,16,19H,9-14,25H2,(H2,26,31)(H,33,34)(H3,27,28,29,32). The van der Waals surface area contributed by atoms with Crippen LogP contribution in [-0.4, -0.2) is 48.0 Å². The number of nitrogens with two attached hydrogens (primary N) is 3. The maximum atomic E-state index is 12.5. The molecule has 1 aliphatic rings. The van der Waals surface area contributed by atoms with E-state index in [-0.39, 0.29) is 30.8 Å². The number of amides is 2. The molecule has 0 aliphatic carbocycles. The van der Waals surface area contributed by atoms with Crippen LogP contribution >= 0.6 is 0 Å². The summed E-state index contributed by atoms with van der Waals surface area (Å²) in [5.74, 6) is -1.85. The summed E-state index contributed by atoms with van der Waals surface area (Å²) in [5.41, 5.74) is 20.0. The van der Waals surface area contributed by atoms with Crippen molar-refractivity contribution in [3.63, 3.8) is 0 Å². The van der Waals surface area contributed by atoms with Crippen LogP contribution in [0.4, 0.5) is 5.69 Å². The van der Waals surface area contributed by atoms with Crippen LogP contribution in [0.15, 0.2) is 53.5 Å². The van der Waals surface area contributed by atoms with Crippen LogP contribution < -0.4 is 27.4 Å². The third-order valence-corrected chi connectivity index (χ3v) is 5.88. The molecule has 0 aromatic heterocycles. The summed E-state index contributed by atoms with van der Waals surface area (Å²) in [6.45, 7) is 1.74. The molecule has 1 atom stereocenters. The normalized spacial score (nSPS) is 15.6. The second kappa shape index (κ2) is 11.3. The zero-order valence-corrected chi connectivity index (χ0v) is 18.8. The Morgan fingerprint density at radius 1 is 1.06 bits per heavy atom. The summed E-state index contributed by atoms with van der Waals surface area (Å²) in [5, 5.41) is 11.5. The predicted molar refractivity (Wildman–Crippen MR) is 129 cm³/mol. The first kappa shape index (κ1) is 24.7. The Labute approximate surface area is 197 Å². The van der Waals surface area contributed by atoms with Gasteiger partial charge in [-0.2, -0.15) is 0 Å². The van der Waals surface area contributed by atoms with Gasteiger partial charge >= 0.3 is 5.97 Å². The summed E-state index contributed by atoms with van der Waals surface area (Å²) in [4.78, 5) is 41.3. The average molecular weight is 467 g/mol. The van der Waals surface area contributed by atoms with Crippen LogP contribution in [0.1, 0.15) is 34.3 Å². The molecule has 2 aromatic rings. The highest BCUT2D eigenvalue weighted by Gasteiger charge is 2.24. The number of piperidine rings is 1. The number of hydrogen-bond donors (Lipinski definition) is 5. The quantitative estimate of drug-likeness (QED) is 0.279. The smallest absolute Gasteiger partial charge is 0.320 e. The van der Waals surface area contributed by atoms with Crippen molar-refractivity contribution in [3.05, 3.63) is 65.2 Å². The maximum absolute atomic E-state index is 12.5. The largest absolute Gasteiger partial charge is 0.480 e. The number of aliphatic carboxylic acids is 1. The van der Waals surface area contributed by atoms with Gasteiger partial charge in [-0.1, -0.05) is 30.3 Å². The summed E-state index contributed by atoms with van der Waals surface area (Å²) >= 11 is 0. The number of aliphatic imine (C=N–C) groups is 1. The van der Waals surface area contributed by atoms with Crippen LogP contribution in [0.5, 0.6) is 0 Å². The van der Waals surface area contributed by atoms with Crippen molar-refractivity contribution < 1.29 is 19.5 Å². The molecule has 1 heterocycles. The highest BCUT2D eigenvalue weighted by molar-refractivity contribution is 6.05. The third-order valence-electron chi connectivity index (χ3n) is 5.88. The maximum Gasteiger partial charge on any atom is 0.320 e. The SMILES string of the molecule is NC(=O)C1CCN(c2ccccc2CN=C(N)NC(=O)c2ccc(CC(N)C(=O)O)cc2)CC1. The molecule has 3 rings (SSSR count). The van der Waals surface area contributed by atoms with Gasteiger partial charge in [0.15, 0.2) is 5.96 Å². The van der Waals surface area contributed by atoms with Crippen molar-refractivity contribution >= 4 is 29.4 Å². The fourth-order valence-corrected chi connectivity index (χ4v) is 3.89. The summed E-state index contributed by atoms with van der Waals surface area (Å²) < 4.78 is 0. The summed E-state index contributed by atoms with van der Waals surface area (Å²) in [6, 6.07) is 13.3. The fourth-order valence-electron chi connectivity index (χ4n) is 3.89. The second-order valence-electron chi connectivity index (χ2n) is 8.29. The van der Waals surface area contributed by atoms with Crippen LogP contribution in [0.2, 0.25) is 0 Å². The molecule has 10 heteroatoms. The molecular weight excluding hydrogens is 436 g/mol. The van der Waals surface area contributed by atoms with Gasteiger partial charge in [-0.25, -0.2) is 4.99 Å². The number of carboxylic acid groups (broad SMARTS) is 1. The number of carbonyl (C=O) groups is 3. The lowest BCUT2D eigenvalue weighted by molar-refractivity contribution is -0.138. The van der Waals surface area contributed by atoms with E-state index in [9.17, 15) is 14.4 Å². The number of hydrogen-bond acceptors (Lipinski definition) is 6. The van der Waals surface area contributed by atoms with Crippen molar-refractivity contribution in [2.75, 3.05) is 18.0 Å². The lowest BCUT2D eigenvalue weighted by Gasteiger charge is -2.33. The van der Waals surface area contributed by atoms with E-state index < -0.39 is 17.9 Å². The third kappa shape index (κ3) is 6.55. The van der Waals surface area contributed by atoms with Gasteiger partial charge < -0.3 is 27.2 Å². The Morgan fingerprint density at radius 3 is 2.32 bits per heavy atom. The van der Waals surface area contributed by atoms with Gasteiger partial charge in [-0.3, -0.25) is 19.7 Å². The molecule has 2 amide bonds. The number of carbonyl (C=O) groups excluding carboxylic acids is 2. The Morgan fingerprint density at radius 2 is 1.71 bits per heavy atom. The minimum absolute atomic E-state index is 0.00999. The van der Waals surface area contributed by atoms with Gasteiger partial charge in [-0.15, -0.1) is 0 Å². The molecule has 1 unspecified atom stereocenters. The number of anilines is 1. The Kier molecular flexibility index (Phi) is 8.20. The summed E-state index contributed by atoms with van der Waals surface area (Å²) in [7, 11) is 0. The lowest BCUT2D eigenvalue weighted by atomic mass is 9.95. The van der Waals surface area contributed by atoms with E-state index in [1.54, 1.807) is 24.3 Å². The number of primary amides is 1. The van der Waals surface area contributed by atoms with Crippen molar-refractivity contribution in [2.45, 2.75) is 31.8 Å². The molecule has 10 nitrogen and oxygen atoms in total. The van der Waals surface area contributed by atoms with Crippen LogP contribution in [0, 0.1) is 5.92 Å². The molecule has 0 radical (unpaired) electrons. The molecule has 2 aromatic carbocycles. The van der Waals surface area contributed by atoms with Gasteiger partial charge in [0.05, 0.1) is 6.54 Å². The number of nitrogens with zero attached hydrogens (tertiary/aromatic N) is 2.